The van der Waals surface area contributed by atoms with Gasteiger partial charge in [-0.25, -0.2) is 0 Å². The largest absolute Gasteiger partial charge is 0.496 e. The van der Waals surface area contributed by atoms with Crippen LogP contribution in [0.25, 0.3) is 0 Å². The molecule has 0 amide bonds. The zero-order valence-electron chi connectivity index (χ0n) is 13.8. The lowest BCUT2D eigenvalue weighted by atomic mass is 10.1. The third-order valence-electron chi connectivity index (χ3n) is 3.78. The number of methoxy groups -OCH3 is 3. The number of hydrogen-bond donors (Lipinski definition) is 1. The van der Waals surface area contributed by atoms with Gasteiger partial charge in [0, 0.05) is 23.9 Å². The summed E-state index contributed by atoms with van der Waals surface area (Å²) >= 11 is 0. The molecule has 0 fully saturated rings. The van der Waals surface area contributed by atoms with Crippen molar-refractivity contribution >= 4 is 5.69 Å². The highest BCUT2D eigenvalue weighted by molar-refractivity contribution is 5.53. The molecule has 0 bridgehead atoms. The average Bonchev–Trinajstić information content (AvgIpc) is 2.55. The summed E-state index contributed by atoms with van der Waals surface area (Å²) in [6, 6.07) is 10.1. The average molecular weight is 301 g/mol. The van der Waals surface area contributed by atoms with Crippen molar-refractivity contribution in [1.82, 2.24) is 0 Å². The highest BCUT2D eigenvalue weighted by Crippen LogP contribution is 2.34. The number of aryl methyl sites for hydroxylation is 2. The Balaban J connectivity index is 2.22. The van der Waals surface area contributed by atoms with Crippen molar-refractivity contribution in [2.45, 2.75) is 20.4 Å². The lowest BCUT2D eigenvalue weighted by Gasteiger charge is -2.15. The topological polar surface area (TPSA) is 39.7 Å². The van der Waals surface area contributed by atoms with Crippen LogP contribution in [0.2, 0.25) is 0 Å². The summed E-state index contributed by atoms with van der Waals surface area (Å²) in [5, 5.41) is 3.42. The Labute approximate surface area is 132 Å². The second-order valence-electron chi connectivity index (χ2n) is 5.17. The van der Waals surface area contributed by atoms with E-state index in [0.717, 1.165) is 17.0 Å². The van der Waals surface area contributed by atoms with Gasteiger partial charge in [0.15, 0.2) is 11.5 Å². The summed E-state index contributed by atoms with van der Waals surface area (Å²) in [5.41, 5.74) is 4.65. The number of hydrogen-bond acceptors (Lipinski definition) is 4. The molecule has 0 saturated carbocycles. The van der Waals surface area contributed by atoms with E-state index in [9.17, 15) is 0 Å². The highest BCUT2D eigenvalue weighted by atomic mass is 16.5. The Hall–Kier alpha value is -2.36. The van der Waals surface area contributed by atoms with Crippen molar-refractivity contribution in [3.8, 4) is 17.2 Å². The van der Waals surface area contributed by atoms with E-state index >= 15 is 0 Å². The van der Waals surface area contributed by atoms with Crippen LogP contribution < -0.4 is 19.5 Å². The molecule has 1 N–H and O–H groups in total. The number of rotatable bonds is 6. The summed E-state index contributed by atoms with van der Waals surface area (Å²) in [7, 11) is 4.90. The van der Waals surface area contributed by atoms with E-state index in [1.54, 1.807) is 21.3 Å². The van der Waals surface area contributed by atoms with Crippen LogP contribution in [-0.2, 0) is 6.54 Å². The summed E-state index contributed by atoms with van der Waals surface area (Å²) in [4.78, 5) is 0. The molecule has 118 valence electrons. The molecular formula is C18H23NO3. The molecule has 0 spiro atoms. The Morgan fingerprint density at radius 3 is 2.00 bits per heavy atom. The van der Waals surface area contributed by atoms with Crippen molar-refractivity contribution in [3.05, 3.63) is 47.0 Å². The quantitative estimate of drug-likeness (QED) is 0.877. The third kappa shape index (κ3) is 3.45. The summed E-state index contributed by atoms with van der Waals surface area (Å²) in [6.45, 7) is 4.86. The monoisotopic (exact) mass is 301 g/mol. The molecule has 4 nitrogen and oxygen atoms in total. The minimum absolute atomic E-state index is 0.645. The maximum absolute atomic E-state index is 5.44. The van der Waals surface area contributed by atoms with Crippen LogP contribution in [0.4, 0.5) is 5.69 Å². The Kier molecular flexibility index (Phi) is 5.15. The van der Waals surface area contributed by atoms with Crippen LogP contribution in [-0.4, -0.2) is 21.3 Å². The SMILES string of the molecule is COc1cc(OC)c(OC)cc1CNc1ccc(C)c(C)c1. The number of ether oxygens (including phenoxy) is 3. The molecule has 0 unspecified atom stereocenters. The Bertz CT molecular complexity index is 653. The van der Waals surface area contributed by atoms with Gasteiger partial charge in [-0.15, -0.1) is 0 Å². The molecule has 4 heteroatoms. The Morgan fingerprint density at radius 1 is 0.773 bits per heavy atom. The molecule has 0 heterocycles. The van der Waals surface area contributed by atoms with Crippen LogP contribution in [0.1, 0.15) is 16.7 Å². The van der Waals surface area contributed by atoms with Crippen molar-refractivity contribution in [3.63, 3.8) is 0 Å². The van der Waals surface area contributed by atoms with Crippen molar-refractivity contribution in [2.75, 3.05) is 26.6 Å². The van der Waals surface area contributed by atoms with E-state index in [0.29, 0.717) is 18.0 Å². The third-order valence-corrected chi connectivity index (χ3v) is 3.78. The fraction of sp³-hybridized carbons (Fsp3) is 0.333. The molecular weight excluding hydrogens is 278 g/mol. The first-order chi connectivity index (χ1) is 10.6. The van der Waals surface area contributed by atoms with Gasteiger partial charge < -0.3 is 19.5 Å². The van der Waals surface area contributed by atoms with Crippen LogP contribution in [0.3, 0.4) is 0 Å². The number of anilines is 1. The summed E-state index contributed by atoms with van der Waals surface area (Å²) < 4.78 is 16.1. The minimum Gasteiger partial charge on any atom is -0.496 e. The predicted molar refractivity (Wildman–Crippen MR) is 89.3 cm³/mol. The van der Waals surface area contributed by atoms with Gasteiger partial charge in [-0.3, -0.25) is 0 Å². The van der Waals surface area contributed by atoms with Gasteiger partial charge in [-0.05, 0) is 43.2 Å². The van der Waals surface area contributed by atoms with Crippen molar-refractivity contribution in [2.24, 2.45) is 0 Å². The van der Waals surface area contributed by atoms with Crippen LogP contribution in [0.5, 0.6) is 17.2 Å². The van der Waals surface area contributed by atoms with Gasteiger partial charge in [0.1, 0.15) is 5.75 Å². The van der Waals surface area contributed by atoms with Crippen molar-refractivity contribution < 1.29 is 14.2 Å². The molecule has 2 aromatic rings. The molecule has 0 aliphatic carbocycles. The van der Waals surface area contributed by atoms with Gasteiger partial charge in [-0.1, -0.05) is 6.07 Å². The van der Waals surface area contributed by atoms with E-state index in [-0.39, 0.29) is 0 Å². The molecule has 0 aliphatic heterocycles. The molecule has 22 heavy (non-hydrogen) atoms. The van der Waals surface area contributed by atoms with Gasteiger partial charge in [-0.2, -0.15) is 0 Å². The molecule has 0 atom stereocenters. The molecule has 0 aromatic heterocycles. The van der Waals surface area contributed by atoms with Gasteiger partial charge in [0.25, 0.3) is 0 Å². The predicted octanol–water partition coefficient (Wildman–Crippen LogP) is 3.94. The van der Waals surface area contributed by atoms with Gasteiger partial charge in [0.2, 0.25) is 0 Å². The van der Waals surface area contributed by atoms with Crippen LogP contribution in [0, 0.1) is 13.8 Å². The lowest BCUT2D eigenvalue weighted by molar-refractivity contribution is 0.347. The van der Waals surface area contributed by atoms with E-state index in [2.05, 4.69) is 37.4 Å². The van der Waals surface area contributed by atoms with E-state index in [1.165, 1.54) is 11.1 Å². The minimum atomic E-state index is 0.645. The molecule has 0 saturated heterocycles. The molecule has 0 aliphatic rings. The summed E-state index contributed by atoms with van der Waals surface area (Å²) in [6.07, 6.45) is 0. The standard InChI is InChI=1S/C18H23NO3/c1-12-6-7-15(8-13(12)2)19-11-14-9-17(21-4)18(22-5)10-16(14)20-3/h6-10,19H,11H2,1-5H3. The fourth-order valence-corrected chi connectivity index (χ4v) is 2.28. The highest BCUT2D eigenvalue weighted by Gasteiger charge is 2.11. The second-order valence-corrected chi connectivity index (χ2v) is 5.17. The van der Waals surface area contributed by atoms with E-state index in [4.69, 9.17) is 14.2 Å². The summed E-state index contributed by atoms with van der Waals surface area (Å²) in [5.74, 6) is 2.13. The fourth-order valence-electron chi connectivity index (χ4n) is 2.28. The smallest absolute Gasteiger partial charge is 0.164 e. The maximum Gasteiger partial charge on any atom is 0.164 e. The zero-order valence-corrected chi connectivity index (χ0v) is 13.8. The number of benzene rings is 2. The first-order valence-electron chi connectivity index (χ1n) is 7.19. The number of nitrogens with one attached hydrogen (secondary N) is 1. The first kappa shape index (κ1) is 16.0. The second kappa shape index (κ2) is 7.07. The Morgan fingerprint density at radius 2 is 1.41 bits per heavy atom. The molecule has 0 radical (unpaired) electrons. The van der Waals surface area contributed by atoms with Crippen LogP contribution in [0.15, 0.2) is 30.3 Å². The normalized spacial score (nSPS) is 10.2. The molecule has 2 rings (SSSR count). The van der Waals surface area contributed by atoms with E-state index in [1.807, 2.05) is 12.1 Å². The zero-order chi connectivity index (χ0) is 16.1. The lowest BCUT2D eigenvalue weighted by Crippen LogP contribution is -2.03. The maximum atomic E-state index is 5.44. The first-order valence-corrected chi connectivity index (χ1v) is 7.19. The molecule has 2 aromatic carbocycles. The van der Waals surface area contributed by atoms with Gasteiger partial charge in [0.05, 0.1) is 21.3 Å². The van der Waals surface area contributed by atoms with E-state index < -0.39 is 0 Å². The van der Waals surface area contributed by atoms with Crippen LogP contribution >= 0.6 is 0 Å². The van der Waals surface area contributed by atoms with Gasteiger partial charge >= 0.3 is 0 Å². The van der Waals surface area contributed by atoms with Crippen molar-refractivity contribution in [1.29, 1.82) is 0 Å².